The summed E-state index contributed by atoms with van der Waals surface area (Å²) in [6.45, 7) is 6.02. The van der Waals surface area contributed by atoms with E-state index in [2.05, 4.69) is 29.3 Å². The Morgan fingerprint density at radius 2 is 1.96 bits per heavy atom. The van der Waals surface area contributed by atoms with Gasteiger partial charge in [0.25, 0.3) is 0 Å². The molecule has 1 aromatic rings. The van der Waals surface area contributed by atoms with Crippen LogP contribution < -0.4 is 5.32 Å². The Kier molecular flexibility index (Phi) is 7.06. The van der Waals surface area contributed by atoms with Crippen LogP contribution in [0.5, 0.6) is 0 Å². The van der Waals surface area contributed by atoms with E-state index in [1.165, 1.54) is 5.56 Å². The lowest BCUT2D eigenvalue weighted by atomic mass is 10.0. The predicted molar refractivity (Wildman–Crippen MR) is 93.3 cm³/mol. The van der Waals surface area contributed by atoms with Crippen molar-refractivity contribution in [2.24, 2.45) is 0 Å². The van der Waals surface area contributed by atoms with Crippen molar-refractivity contribution in [3.8, 4) is 0 Å². The van der Waals surface area contributed by atoms with E-state index in [0.29, 0.717) is 6.10 Å². The Labute approximate surface area is 140 Å². The van der Waals surface area contributed by atoms with E-state index in [4.69, 9.17) is 4.74 Å². The number of ether oxygens (including phenoxy) is 1. The average Bonchev–Trinajstić information content (AvgIpc) is 2.61. The highest BCUT2D eigenvalue weighted by Crippen LogP contribution is 2.20. The molecule has 1 aliphatic heterocycles. The number of nitrogens with one attached hydrogen (secondary N) is 1. The number of nitrogens with zero attached hydrogens (tertiary/aromatic N) is 1. The van der Waals surface area contributed by atoms with Crippen LogP contribution in [0.1, 0.15) is 51.1 Å². The second-order valence-electron chi connectivity index (χ2n) is 6.41. The summed E-state index contributed by atoms with van der Waals surface area (Å²) in [7, 11) is 1.77. The number of hydrogen-bond donors (Lipinski definition) is 1. The van der Waals surface area contributed by atoms with Crippen LogP contribution in [0.2, 0.25) is 0 Å². The molecule has 4 heteroatoms. The lowest BCUT2D eigenvalue weighted by Gasteiger charge is -2.35. The smallest absolute Gasteiger partial charge is 0.237 e. The van der Waals surface area contributed by atoms with Crippen LogP contribution >= 0.6 is 0 Å². The molecule has 2 atom stereocenters. The van der Waals surface area contributed by atoms with Crippen molar-refractivity contribution in [1.29, 1.82) is 0 Å². The number of rotatable bonds is 7. The van der Waals surface area contributed by atoms with Gasteiger partial charge in [0.1, 0.15) is 0 Å². The van der Waals surface area contributed by atoms with Gasteiger partial charge in [-0.15, -0.1) is 0 Å². The molecular formula is C19H30N2O2. The second kappa shape index (κ2) is 9.04. The molecule has 0 aromatic heterocycles. The van der Waals surface area contributed by atoms with E-state index >= 15 is 0 Å². The van der Waals surface area contributed by atoms with Gasteiger partial charge < -0.3 is 10.1 Å². The first-order valence-electron chi connectivity index (χ1n) is 8.77. The number of carbonyl (C=O) groups is 1. The summed E-state index contributed by atoms with van der Waals surface area (Å²) in [6, 6.07) is 10.3. The van der Waals surface area contributed by atoms with Gasteiger partial charge in [-0.1, -0.05) is 43.7 Å². The van der Waals surface area contributed by atoms with E-state index in [1.807, 2.05) is 25.1 Å². The highest BCUT2D eigenvalue weighted by molar-refractivity contribution is 5.81. The largest absolute Gasteiger partial charge is 0.381 e. The molecule has 128 valence electrons. The molecule has 0 radical (unpaired) electrons. The predicted octanol–water partition coefficient (Wildman–Crippen LogP) is 3.14. The Morgan fingerprint density at radius 1 is 1.30 bits per heavy atom. The Morgan fingerprint density at radius 3 is 2.52 bits per heavy atom. The van der Waals surface area contributed by atoms with Gasteiger partial charge in [0.15, 0.2) is 0 Å². The second-order valence-corrected chi connectivity index (χ2v) is 6.41. The van der Waals surface area contributed by atoms with Gasteiger partial charge in [-0.05, 0) is 31.7 Å². The molecule has 2 rings (SSSR count). The van der Waals surface area contributed by atoms with Crippen LogP contribution in [0.25, 0.3) is 0 Å². The summed E-state index contributed by atoms with van der Waals surface area (Å²) < 4.78 is 5.41. The Bertz CT molecular complexity index is 470. The van der Waals surface area contributed by atoms with Crippen LogP contribution in [0, 0.1) is 0 Å². The van der Waals surface area contributed by atoms with Crippen LogP contribution in [-0.4, -0.2) is 43.2 Å². The number of piperidine rings is 1. The number of methoxy groups -OCH3 is 1. The number of hydrogen-bond acceptors (Lipinski definition) is 3. The third kappa shape index (κ3) is 5.05. The first-order chi connectivity index (χ1) is 11.2. The Hall–Kier alpha value is -1.39. The van der Waals surface area contributed by atoms with E-state index < -0.39 is 0 Å². The van der Waals surface area contributed by atoms with Crippen molar-refractivity contribution < 1.29 is 9.53 Å². The monoisotopic (exact) mass is 318 g/mol. The van der Waals surface area contributed by atoms with Gasteiger partial charge in [-0.3, -0.25) is 9.69 Å². The summed E-state index contributed by atoms with van der Waals surface area (Å²) in [4.78, 5) is 14.9. The molecule has 1 N–H and O–H groups in total. The van der Waals surface area contributed by atoms with E-state index in [0.717, 1.165) is 38.8 Å². The fourth-order valence-electron chi connectivity index (χ4n) is 3.25. The SMILES string of the molecule is CCCC(NC(=O)C(C)N1CCC(OC)CC1)c1ccccc1. The molecule has 0 bridgehead atoms. The lowest BCUT2D eigenvalue weighted by molar-refractivity contribution is -0.127. The minimum absolute atomic E-state index is 0.0872. The van der Waals surface area contributed by atoms with Crippen molar-refractivity contribution >= 4 is 5.91 Å². The van der Waals surface area contributed by atoms with Crippen molar-refractivity contribution in [2.75, 3.05) is 20.2 Å². The normalized spacial score (nSPS) is 19.3. The van der Waals surface area contributed by atoms with Crippen molar-refractivity contribution in [1.82, 2.24) is 10.2 Å². The summed E-state index contributed by atoms with van der Waals surface area (Å²) in [5.74, 6) is 0.128. The van der Waals surface area contributed by atoms with Crippen molar-refractivity contribution in [3.05, 3.63) is 35.9 Å². The molecule has 0 aliphatic carbocycles. The number of likely N-dealkylation sites (tertiary alicyclic amines) is 1. The first kappa shape index (κ1) is 18.0. The van der Waals surface area contributed by atoms with Crippen molar-refractivity contribution in [3.63, 3.8) is 0 Å². The lowest BCUT2D eigenvalue weighted by Crippen LogP contribution is -2.49. The van der Waals surface area contributed by atoms with Crippen LogP contribution in [-0.2, 0) is 9.53 Å². The molecule has 1 heterocycles. The number of benzene rings is 1. The maximum absolute atomic E-state index is 12.7. The maximum atomic E-state index is 12.7. The van der Waals surface area contributed by atoms with Crippen LogP contribution in [0.15, 0.2) is 30.3 Å². The standard InChI is InChI=1S/C19H30N2O2/c1-4-8-18(16-9-6-5-7-10-16)20-19(22)15(2)21-13-11-17(23-3)12-14-21/h5-7,9-10,15,17-18H,4,8,11-14H2,1-3H3,(H,20,22). The number of amides is 1. The Balaban J connectivity index is 1.93. The summed E-state index contributed by atoms with van der Waals surface area (Å²) >= 11 is 0. The summed E-state index contributed by atoms with van der Waals surface area (Å²) in [5, 5.41) is 3.24. The van der Waals surface area contributed by atoms with Gasteiger partial charge in [0.2, 0.25) is 5.91 Å². The molecule has 0 spiro atoms. The third-order valence-corrected chi connectivity index (χ3v) is 4.83. The average molecular weight is 318 g/mol. The summed E-state index contributed by atoms with van der Waals surface area (Å²) in [5.41, 5.74) is 1.19. The molecule has 2 unspecified atom stereocenters. The van der Waals surface area contributed by atoms with Gasteiger partial charge >= 0.3 is 0 Å². The fourth-order valence-corrected chi connectivity index (χ4v) is 3.25. The summed E-state index contributed by atoms with van der Waals surface area (Å²) in [6.07, 6.45) is 4.37. The minimum atomic E-state index is -0.0872. The van der Waals surface area contributed by atoms with E-state index in [9.17, 15) is 4.79 Å². The number of carbonyl (C=O) groups excluding carboxylic acids is 1. The van der Waals surface area contributed by atoms with E-state index in [1.54, 1.807) is 7.11 Å². The zero-order valence-electron chi connectivity index (χ0n) is 14.6. The third-order valence-electron chi connectivity index (χ3n) is 4.83. The van der Waals surface area contributed by atoms with Gasteiger partial charge in [-0.25, -0.2) is 0 Å². The van der Waals surface area contributed by atoms with Gasteiger partial charge in [0.05, 0.1) is 18.2 Å². The van der Waals surface area contributed by atoms with Crippen molar-refractivity contribution in [2.45, 2.75) is 57.7 Å². The highest BCUT2D eigenvalue weighted by Gasteiger charge is 2.27. The molecule has 1 aliphatic rings. The molecule has 23 heavy (non-hydrogen) atoms. The topological polar surface area (TPSA) is 41.6 Å². The van der Waals surface area contributed by atoms with Crippen LogP contribution in [0.4, 0.5) is 0 Å². The maximum Gasteiger partial charge on any atom is 0.237 e. The molecular weight excluding hydrogens is 288 g/mol. The van der Waals surface area contributed by atoms with Gasteiger partial charge in [-0.2, -0.15) is 0 Å². The minimum Gasteiger partial charge on any atom is -0.381 e. The quantitative estimate of drug-likeness (QED) is 0.840. The fraction of sp³-hybridized carbons (Fsp3) is 0.632. The molecule has 1 amide bonds. The first-order valence-corrected chi connectivity index (χ1v) is 8.77. The zero-order valence-corrected chi connectivity index (χ0v) is 14.6. The van der Waals surface area contributed by atoms with E-state index in [-0.39, 0.29) is 18.0 Å². The molecule has 1 fully saturated rings. The highest BCUT2D eigenvalue weighted by atomic mass is 16.5. The van der Waals surface area contributed by atoms with Crippen LogP contribution in [0.3, 0.4) is 0 Å². The molecule has 1 aromatic carbocycles. The zero-order chi connectivity index (χ0) is 16.7. The van der Waals surface area contributed by atoms with Gasteiger partial charge in [0, 0.05) is 20.2 Å². The molecule has 4 nitrogen and oxygen atoms in total. The molecule has 0 saturated carbocycles. The molecule has 1 saturated heterocycles.